The Morgan fingerprint density at radius 1 is 1.35 bits per heavy atom. The van der Waals surface area contributed by atoms with Gasteiger partial charge in [0.25, 0.3) is 5.89 Å². The molecule has 20 heavy (non-hydrogen) atoms. The summed E-state index contributed by atoms with van der Waals surface area (Å²) in [6, 6.07) is 10.2. The van der Waals surface area contributed by atoms with Crippen molar-refractivity contribution >= 4 is 27.9 Å². The van der Waals surface area contributed by atoms with Crippen molar-refractivity contribution in [3.05, 3.63) is 36.2 Å². The molecule has 0 spiro atoms. The van der Waals surface area contributed by atoms with Gasteiger partial charge >= 0.3 is 0 Å². The molecule has 104 valence electrons. The molecule has 0 N–H and O–H groups in total. The molecule has 3 rings (SSSR count). The van der Waals surface area contributed by atoms with Gasteiger partial charge in [-0.05, 0) is 26.0 Å². The van der Waals surface area contributed by atoms with E-state index < -0.39 is 0 Å². The third-order valence-electron chi connectivity index (χ3n) is 2.88. The van der Waals surface area contributed by atoms with Crippen LogP contribution in [0.3, 0.4) is 0 Å². The van der Waals surface area contributed by atoms with Crippen LogP contribution in [0.15, 0.2) is 39.8 Å². The molecule has 0 unspecified atom stereocenters. The number of aromatic nitrogens is 2. The van der Waals surface area contributed by atoms with Crippen molar-refractivity contribution in [1.82, 2.24) is 10.1 Å². The minimum Gasteiger partial charge on any atom is -0.334 e. The van der Waals surface area contributed by atoms with Crippen LogP contribution in [-0.2, 0) is 0 Å². The Balaban J connectivity index is 1.72. The predicted molar refractivity (Wildman–Crippen MR) is 85.1 cm³/mol. The Bertz CT molecular complexity index is 612. The fourth-order valence-electron chi connectivity index (χ4n) is 1.81. The summed E-state index contributed by atoms with van der Waals surface area (Å²) in [6.45, 7) is 4.21. The molecule has 1 aromatic heterocycles. The number of thioether (sulfide) groups is 2. The SMILES string of the molecule is C[C@H]1CSC(S[C@H](C)c2noc(-c3ccccc3)n2)=N1. The van der Waals surface area contributed by atoms with E-state index in [0.29, 0.717) is 11.9 Å². The second kappa shape index (κ2) is 6.01. The zero-order chi connectivity index (χ0) is 13.9. The zero-order valence-corrected chi connectivity index (χ0v) is 12.9. The average Bonchev–Trinajstić information content (AvgIpc) is 3.09. The quantitative estimate of drug-likeness (QED) is 0.857. The van der Waals surface area contributed by atoms with Gasteiger partial charge < -0.3 is 4.52 Å². The molecule has 1 aromatic carbocycles. The number of nitrogens with zero attached hydrogens (tertiary/aromatic N) is 3. The first-order chi connectivity index (χ1) is 9.72. The number of aliphatic imine (C=N–C) groups is 1. The molecule has 6 heteroatoms. The van der Waals surface area contributed by atoms with E-state index in [1.54, 1.807) is 23.5 Å². The normalized spacial score (nSPS) is 19.9. The van der Waals surface area contributed by atoms with Crippen molar-refractivity contribution in [3.63, 3.8) is 0 Å². The Morgan fingerprint density at radius 3 is 2.85 bits per heavy atom. The summed E-state index contributed by atoms with van der Waals surface area (Å²) in [6.07, 6.45) is 0. The number of rotatable bonds is 3. The highest BCUT2D eigenvalue weighted by molar-refractivity contribution is 8.39. The summed E-state index contributed by atoms with van der Waals surface area (Å²) in [4.78, 5) is 9.05. The lowest BCUT2D eigenvalue weighted by Crippen LogP contribution is -1.95. The summed E-state index contributed by atoms with van der Waals surface area (Å²) in [5, 5.41) is 4.23. The molecule has 1 aliphatic rings. The van der Waals surface area contributed by atoms with E-state index in [0.717, 1.165) is 21.5 Å². The summed E-state index contributed by atoms with van der Waals surface area (Å²) < 4.78 is 6.46. The third kappa shape index (κ3) is 3.07. The van der Waals surface area contributed by atoms with Gasteiger partial charge in [-0.25, -0.2) is 0 Å². The molecule has 0 radical (unpaired) electrons. The van der Waals surface area contributed by atoms with E-state index in [4.69, 9.17) is 4.52 Å². The Labute approximate surface area is 126 Å². The molecule has 1 aliphatic heterocycles. The molecule has 0 amide bonds. The summed E-state index contributed by atoms with van der Waals surface area (Å²) in [5.41, 5.74) is 0.949. The van der Waals surface area contributed by atoms with Crippen molar-refractivity contribution in [2.24, 2.45) is 4.99 Å². The fourth-order valence-corrected chi connectivity index (χ4v) is 4.18. The smallest absolute Gasteiger partial charge is 0.257 e. The third-order valence-corrected chi connectivity index (χ3v) is 5.39. The maximum absolute atomic E-state index is 5.34. The van der Waals surface area contributed by atoms with Gasteiger partial charge in [-0.3, -0.25) is 4.99 Å². The van der Waals surface area contributed by atoms with Crippen LogP contribution >= 0.6 is 23.5 Å². The number of benzene rings is 1. The van der Waals surface area contributed by atoms with Gasteiger partial charge in [-0.2, -0.15) is 4.98 Å². The van der Waals surface area contributed by atoms with E-state index in [2.05, 4.69) is 29.0 Å². The Morgan fingerprint density at radius 2 is 2.15 bits per heavy atom. The van der Waals surface area contributed by atoms with Gasteiger partial charge in [-0.1, -0.05) is 46.9 Å². The van der Waals surface area contributed by atoms with Gasteiger partial charge in [0.1, 0.15) is 4.38 Å². The maximum atomic E-state index is 5.34. The van der Waals surface area contributed by atoms with Gasteiger partial charge in [0.15, 0.2) is 5.82 Å². The first-order valence-electron chi connectivity index (χ1n) is 6.48. The molecule has 0 saturated heterocycles. The molecule has 2 heterocycles. The van der Waals surface area contributed by atoms with E-state index in [1.807, 2.05) is 30.3 Å². The molecular weight excluding hydrogens is 290 g/mol. The summed E-state index contributed by atoms with van der Waals surface area (Å²) in [7, 11) is 0. The molecule has 4 nitrogen and oxygen atoms in total. The molecule has 0 fully saturated rings. The zero-order valence-electron chi connectivity index (χ0n) is 11.3. The van der Waals surface area contributed by atoms with Crippen molar-refractivity contribution in [3.8, 4) is 11.5 Å². The van der Waals surface area contributed by atoms with Crippen molar-refractivity contribution in [2.45, 2.75) is 25.1 Å². The van der Waals surface area contributed by atoms with Crippen molar-refractivity contribution in [1.29, 1.82) is 0 Å². The lowest BCUT2D eigenvalue weighted by atomic mass is 10.2. The van der Waals surface area contributed by atoms with E-state index in [9.17, 15) is 0 Å². The van der Waals surface area contributed by atoms with Crippen LogP contribution in [0.5, 0.6) is 0 Å². The standard InChI is InChI=1S/C14H15N3OS2/c1-9-8-19-14(15-9)20-10(2)12-16-13(18-17-12)11-6-4-3-5-7-11/h3-7,9-10H,8H2,1-2H3/t9-,10+/m0/s1. The monoisotopic (exact) mass is 305 g/mol. The van der Waals surface area contributed by atoms with Gasteiger partial charge in [0, 0.05) is 11.3 Å². The van der Waals surface area contributed by atoms with Gasteiger partial charge in [0.05, 0.1) is 11.3 Å². The van der Waals surface area contributed by atoms with Crippen molar-refractivity contribution in [2.75, 3.05) is 5.75 Å². The first kappa shape index (κ1) is 13.7. The van der Waals surface area contributed by atoms with E-state index in [-0.39, 0.29) is 5.25 Å². The van der Waals surface area contributed by atoms with E-state index in [1.165, 1.54) is 0 Å². The Hall–Kier alpha value is -1.27. The van der Waals surface area contributed by atoms with E-state index >= 15 is 0 Å². The second-order valence-electron chi connectivity index (χ2n) is 4.64. The van der Waals surface area contributed by atoms with Crippen LogP contribution < -0.4 is 0 Å². The largest absolute Gasteiger partial charge is 0.334 e. The number of hydrogen-bond acceptors (Lipinski definition) is 6. The molecular formula is C14H15N3OS2. The molecule has 2 aromatic rings. The Kier molecular flexibility index (Phi) is 4.12. The minimum atomic E-state index is 0.146. The molecule has 0 aliphatic carbocycles. The summed E-state index contributed by atoms with van der Waals surface area (Å²) in [5.74, 6) is 2.36. The summed E-state index contributed by atoms with van der Waals surface area (Å²) >= 11 is 3.50. The molecule has 0 saturated carbocycles. The fraction of sp³-hybridized carbons (Fsp3) is 0.357. The topological polar surface area (TPSA) is 51.3 Å². The highest BCUT2D eigenvalue weighted by atomic mass is 32.2. The lowest BCUT2D eigenvalue weighted by Gasteiger charge is -2.04. The van der Waals surface area contributed by atoms with Crippen LogP contribution in [0.4, 0.5) is 0 Å². The highest BCUT2D eigenvalue weighted by Gasteiger charge is 2.21. The molecule has 0 bridgehead atoms. The van der Waals surface area contributed by atoms with Gasteiger partial charge in [-0.15, -0.1) is 0 Å². The molecule has 2 atom stereocenters. The van der Waals surface area contributed by atoms with Gasteiger partial charge in [0.2, 0.25) is 0 Å². The van der Waals surface area contributed by atoms with Crippen LogP contribution in [0.1, 0.15) is 24.9 Å². The van der Waals surface area contributed by atoms with Crippen molar-refractivity contribution < 1.29 is 4.52 Å². The van der Waals surface area contributed by atoms with Crippen LogP contribution in [0, 0.1) is 0 Å². The minimum absolute atomic E-state index is 0.146. The van der Waals surface area contributed by atoms with Crippen LogP contribution in [-0.4, -0.2) is 26.3 Å². The maximum Gasteiger partial charge on any atom is 0.257 e. The lowest BCUT2D eigenvalue weighted by molar-refractivity contribution is 0.423. The highest BCUT2D eigenvalue weighted by Crippen LogP contribution is 2.35. The second-order valence-corrected chi connectivity index (χ2v) is 7.24. The predicted octanol–water partition coefficient (Wildman–Crippen LogP) is 4.02. The number of hydrogen-bond donors (Lipinski definition) is 0. The first-order valence-corrected chi connectivity index (χ1v) is 8.35. The van der Waals surface area contributed by atoms with Crippen LogP contribution in [0.2, 0.25) is 0 Å². The van der Waals surface area contributed by atoms with Crippen LogP contribution in [0.25, 0.3) is 11.5 Å². The average molecular weight is 305 g/mol.